The van der Waals surface area contributed by atoms with Gasteiger partial charge in [0.2, 0.25) is 15.9 Å². The van der Waals surface area contributed by atoms with E-state index in [2.05, 4.69) is 10.0 Å². The first kappa shape index (κ1) is 23.0. The van der Waals surface area contributed by atoms with E-state index in [4.69, 9.17) is 9.15 Å². The van der Waals surface area contributed by atoms with Crippen molar-refractivity contribution < 1.29 is 27.2 Å². The summed E-state index contributed by atoms with van der Waals surface area (Å²) in [7, 11) is -2.18. The van der Waals surface area contributed by atoms with Crippen LogP contribution in [0, 0.1) is 5.92 Å². The first-order chi connectivity index (χ1) is 14.8. The maximum atomic E-state index is 12.7. The lowest BCUT2D eigenvalue weighted by Crippen LogP contribution is -2.43. The Morgan fingerprint density at radius 3 is 2.65 bits per heavy atom. The molecule has 0 radical (unpaired) electrons. The standard InChI is InChI=1S/C21H27N3O6S/c1-15(14-29-2)23-31(27,28)18-9-7-17(8-10-18)22-20(25)16-5-3-11-24(13-16)21(26)19-6-4-12-30-19/h4,6-10,12,15-16,23H,3,5,11,13-14H2,1-2H3,(H,22,25)/t15-,16+/m1/s1. The molecule has 3 rings (SSSR count). The maximum absolute atomic E-state index is 12.7. The van der Waals surface area contributed by atoms with Crippen LogP contribution in [0.15, 0.2) is 52.0 Å². The van der Waals surface area contributed by atoms with Crippen molar-refractivity contribution >= 4 is 27.5 Å². The molecule has 2 atom stereocenters. The fourth-order valence-electron chi connectivity index (χ4n) is 3.51. The highest BCUT2D eigenvalue weighted by Gasteiger charge is 2.30. The van der Waals surface area contributed by atoms with E-state index >= 15 is 0 Å². The van der Waals surface area contributed by atoms with Crippen molar-refractivity contribution in [1.82, 2.24) is 9.62 Å². The van der Waals surface area contributed by atoms with Gasteiger partial charge in [-0.2, -0.15) is 0 Å². The summed E-state index contributed by atoms with van der Waals surface area (Å²) in [6.07, 6.45) is 2.83. The Bertz CT molecular complexity index is 989. The maximum Gasteiger partial charge on any atom is 0.289 e. The molecule has 0 saturated carbocycles. The van der Waals surface area contributed by atoms with Crippen LogP contribution in [-0.2, 0) is 19.6 Å². The van der Waals surface area contributed by atoms with Gasteiger partial charge < -0.3 is 19.4 Å². The van der Waals surface area contributed by atoms with E-state index in [1.54, 1.807) is 36.1 Å². The quantitative estimate of drug-likeness (QED) is 0.637. The smallest absolute Gasteiger partial charge is 0.289 e. The minimum atomic E-state index is -3.68. The lowest BCUT2D eigenvalue weighted by molar-refractivity contribution is -0.121. The fourth-order valence-corrected chi connectivity index (χ4v) is 4.74. The molecule has 1 aliphatic rings. The molecule has 0 spiro atoms. The van der Waals surface area contributed by atoms with Gasteiger partial charge >= 0.3 is 0 Å². The molecule has 0 unspecified atom stereocenters. The van der Waals surface area contributed by atoms with Gasteiger partial charge in [-0.1, -0.05) is 0 Å². The van der Waals surface area contributed by atoms with Crippen LogP contribution in [0.1, 0.15) is 30.3 Å². The summed E-state index contributed by atoms with van der Waals surface area (Å²) in [5.74, 6) is -0.537. The second kappa shape index (κ2) is 10.1. The van der Waals surface area contributed by atoms with Crippen LogP contribution in [0.3, 0.4) is 0 Å². The van der Waals surface area contributed by atoms with Crippen LogP contribution >= 0.6 is 0 Å². The van der Waals surface area contributed by atoms with Gasteiger partial charge in [-0.15, -0.1) is 0 Å². The van der Waals surface area contributed by atoms with Crippen LogP contribution in [0.5, 0.6) is 0 Å². The van der Waals surface area contributed by atoms with Crippen molar-refractivity contribution in [1.29, 1.82) is 0 Å². The molecule has 31 heavy (non-hydrogen) atoms. The average molecular weight is 450 g/mol. The lowest BCUT2D eigenvalue weighted by atomic mass is 9.96. The highest BCUT2D eigenvalue weighted by atomic mass is 32.2. The second-order valence-corrected chi connectivity index (χ2v) is 9.27. The van der Waals surface area contributed by atoms with E-state index in [1.165, 1.54) is 25.5 Å². The summed E-state index contributed by atoms with van der Waals surface area (Å²) in [4.78, 5) is 26.9. The zero-order valence-electron chi connectivity index (χ0n) is 17.5. The number of amides is 2. The van der Waals surface area contributed by atoms with Gasteiger partial charge in [0.15, 0.2) is 5.76 Å². The van der Waals surface area contributed by atoms with Crippen LogP contribution in [0.2, 0.25) is 0 Å². The van der Waals surface area contributed by atoms with E-state index in [-0.39, 0.29) is 41.0 Å². The van der Waals surface area contributed by atoms with Gasteiger partial charge in [-0.25, -0.2) is 13.1 Å². The molecule has 9 nitrogen and oxygen atoms in total. The van der Waals surface area contributed by atoms with E-state index in [0.29, 0.717) is 31.6 Å². The molecule has 1 aliphatic heterocycles. The minimum Gasteiger partial charge on any atom is -0.459 e. The molecule has 1 saturated heterocycles. The van der Waals surface area contributed by atoms with Crippen molar-refractivity contribution in [2.75, 3.05) is 32.1 Å². The third-order valence-electron chi connectivity index (χ3n) is 5.02. The summed E-state index contributed by atoms with van der Waals surface area (Å²) >= 11 is 0. The number of methoxy groups -OCH3 is 1. The number of anilines is 1. The largest absolute Gasteiger partial charge is 0.459 e. The van der Waals surface area contributed by atoms with E-state index in [0.717, 1.165) is 0 Å². The Morgan fingerprint density at radius 1 is 1.26 bits per heavy atom. The Hall–Kier alpha value is -2.69. The van der Waals surface area contributed by atoms with Gasteiger partial charge in [0.05, 0.1) is 23.7 Å². The fraction of sp³-hybridized carbons (Fsp3) is 0.429. The first-order valence-corrected chi connectivity index (χ1v) is 11.5. The first-order valence-electron chi connectivity index (χ1n) is 10.0. The molecule has 0 aliphatic carbocycles. The van der Waals surface area contributed by atoms with Gasteiger partial charge in [0.1, 0.15) is 0 Å². The molecule has 2 heterocycles. The van der Waals surface area contributed by atoms with Gasteiger partial charge in [-0.05, 0) is 56.2 Å². The van der Waals surface area contributed by atoms with Crippen molar-refractivity contribution in [3.63, 3.8) is 0 Å². The number of carbonyl (C=O) groups is 2. The molecule has 2 N–H and O–H groups in total. The zero-order valence-corrected chi connectivity index (χ0v) is 18.4. The second-order valence-electron chi connectivity index (χ2n) is 7.56. The highest BCUT2D eigenvalue weighted by molar-refractivity contribution is 7.89. The van der Waals surface area contributed by atoms with Gasteiger partial charge in [0.25, 0.3) is 5.91 Å². The summed E-state index contributed by atoms with van der Waals surface area (Å²) < 4.78 is 37.4. The number of piperidine rings is 1. The van der Waals surface area contributed by atoms with Crippen molar-refractivity contribution in [2.45, 2.75) is 30.7 Å². The molecule has 1 aromatic heterocycles. The SMILES string of the molecule is COC[C@@H](C)NS(=O)(=O)c1ccc(NC(=O)[C@H]2CCCN(C(=O)c3ccco3)C2)cc1. The highest BCUT2D eigenvalue weighted by Crippen LogP contribution is 2.21. The third-order valence-corrected chi connectivity index (χ3v) is 6.62. The number of sulfonamides is 1. The number of rotatable bonds is 8. The Kier molecular flexibility index (Phi) is 7.47. The number of likely N-dealkylation sites (tertiary alicyclic amines) is 1. The Balaban J connectivity index is 1.59. The molecule has 0 bridgehead atoms. The minimum absolute atomic E-state index is 0.0985. The normalized spacial score (nSPS) is 17.9. The molecule has 1 fully saturated rings. The van der Waals surface area contributed by atoms with E-state index in [1.807, 2.05) is 0 Å². The Morgan fingerprint density at radius 2 is 2.00 bits per heavy atom. The molecule has 2 amide bonds. The van der Waals surface area contributed by atoms with Gasteiger partial charge in [-0.3, -0.25) is 9.59 Å². The summed E-state index contributed by atoms with van der Waals surface area (Å²) in [6.45, 7) is 2.84. The van der Waals surface area contributed by atoms with Crippen LogP contribution in [-0.4, -0.2) is 58.0 Å². The van der Waals surface area contributed by atoms with Crippen LogP contribution in [0.4, 0.5) is 5.69 Å². The molecule has 1 aromatic carbocycles. The number of nitrogens with one attached hydrogen (secondary N) is 2. The van der Waals surface area contributed by atoms with Crippen molar-refractivity contribution in [3.05, 3.63) is 48.4 Å². The van der Waals surface area contributed by atoms with Crippen molar-refractivity contribution in [2.24, 2.45) is 5.92 Å². The topological polar surface area (TPSA) is 118 Å². The summed E-state index contributed by atoms with van der Waals surface area (Å²) in [5.41, 5.74) is 0.489. The molecular weight excluding hydrogens is 422 g/mol. The number of hydrogen-bond donors (Lipinski definition) is 2. The van der Waals surface area contributed by atoms with Crippen LogP contribution in [0.25, 0.3) is 0 Å². The van der Waals surface area contributed by atoms with Crippen molar-refractivity contribution in [3.8, 4) is 0 Å². The number of benzene rings is 1. The molecular formula is C21H27N3O6S. The van der Waals surface area contributed by atoms with E-state index < -0.39 is 10.0 Å². The Labute approximate surface area is 181 Å². The number of carbonyl (C=O) groups excluding carboxylic acids is 2. The number of ether oxygens (including phenoxy) is 1. The van der Waals surface area contributed by atoms with Gasteiger partial charge in [0, 0.05) is 31.9 Å². The number of furan rings is 1. The molecule has 168 valence electrons. The monoisotopic (exact) mass is 449 g/mol. The molecule has 2 aromatic rings. The number of hydrogen-bond acceptors (Lipinski definition) is 6. The molecule has 10 heteroatoms. The number of nitrogens with zero attached hydrogens (tertiary/aromatic N) is 1. The van der Waals surface area contributed by atoms with Crippen LogP contribution < -0.4 is 10.0 Å². The third kappa shape index (κ3) is 5.93. The predicted octanol–water partition coefficient (Wildman–Crippen LogP) is 2.08. The zero-order chi connectivity index (χ0) is 22.4. The van der Waals surface area contributed by atoms with E-state index in [9.17, 15) is 18.0 Å². The predicted molar refractivity (Wildman–Crippen MR) is 114 cm³/mol. The summed E-state index contributed by atoms with van der Waals surface area (Å²) in [5, 5.41) is 2.81. The summed E-state index contributed by atoms with van der Waals surface area (Å²) in [6, 6.07) is 8.85. The lowest BCUT2D eigenvalue weighted by Gasteiger charge is -2.31. The average Bonchev–Trinajstić information content (AvgIpc) is 3.28.